The first-order valence-electron chi connectivity index (χ1n) is 3.89. The fourth-order valence-corrected chi connectivity index (χ4v) is 1.24. The molecule has 2 N–H and O–H groups in total. The molecule has 13 heavy (non-hydrogen) atoms. The van der Waals surface area contributed by atoms with Gasteiger partial charge >= 0.3 is 0 Å². The average molecular weight is 187 g/mol. The molecule has 0 radical (unpaired) electrons. The SMILES string of the molecule is Cc1c(F)cc(F)c(C)c1CNO. The quantitative estimate of drug-likeness (QED) is 0.694. The van der Waals surface area contributed by atoms with E-state index in [1.807, 2.05) is 5.48 Å². The summed E-state index contributed by atoms with van der Waals surface area (Å²) in [5.74, 6) is -1.18. The van der Waals surface area contributed by atoms with Gasteiger partial charge in [-0.3, -0.25) is 0 Å². The Morgan fingerprint density at radius 3 is 2.08 bits per heavy atom. The van der Waals surface area contributed by atoms with Crippen LogP contribution >= 0.6 is 0 Å². The van der Waals surface area contributed by atoms with Crippen molar-refractivity contribution in [3.8, 4) is 0 Å². The van der Waals surface area contributed by atoms with Crippen LogP contribution < -0.4 is 5.48 Å². The van der Waals surface area contributed by atoms with Crippen LogP contribution in [0.5, 0.6) is 0 Å². The van der Waals surface area contributed by atoms with E-state index in [2.05, 4.69) is 0 Å². The zero-order chi connectivity index (χ0) is 10.0. The van der Waals surface area contributed by atoms with Crippen molar-refractivity contribution in [2.45, 2.75) is 20.4 Å². The lowest BCUT2D eigenvalue weighted by Gasteiger charge is -2.10. The third-order valence-corrected chi connectivity index (χ3v) is 2.13. The van der Waals surface area contributed by atoms with Crippen LogP contribution in [0.1, 0.15) is 16.7 Å². The van der Waals surface area contributed by atoms with E-state index in [0.717, 1.165) is 6.07 Å². The molecular weight excluding hydrogens is 176 g/mol. The average Bonchev–Trinajstić information content (AvgIpc) is 2.09. The van der Waals surface area contributed by atoms with Gasteiger partial charge in [-0.05, 0) is 30.5 Å². The molecule has 1 aromatic rings. The van der Waals surface area contributed by atoms with Gasteiger partial charge in [0.15, 0.2) is 0 Å². The molecule has 0 aliphatic carbocycles. The molecule has 4 heteroatoms. The minimum Gasteiger partial charge on any atom is -0.316 e. The highest BCUT2D eigenvalue weighted by atomic mass is 19.1. The Hall–Kier alpha value is -1.00. The molecule has 0 bridgehead atoms. The lowest BCUT2D eigenvalue weighted by Crippen LogP contribution is -2.11. The standard InChI is InChI=1S/C9H11F2NO/c1-5-7(4-12-13)6(2)9(11)3-8(5)10/h3,12-13H,4H2,1-2H3. The van der Waals surface area contributed by atoms with Crippen LogP contribution in [0.2, 0.25) is 0 Å². The van der Waals surface area contributed by atoms with Crippen LogP contribution in [0.4, 0.5) is 8.78 Å². The van der Waals surface area contributed by atoms with Crippen molar-refractivity contribution >= 4 is 0 Å². The van der Waals surface area contributed by atoms with Crippen molar-refractivity contribution in [2.24, 2.45) is 0 Å². The topological polar surface area (TPSA) is 32.3 Å². The molecule has 0 aromatic heterocycles. The molecule has 0 aliphatic rings. The number of nitrogens with one attached hydrogen (secondary N) is 1. The summed E-state index contributed by atoms with van der Waals surface area (Å²) in [6.45, 7) is 3.15. The lowest BCUT2D eigenvalue weighted by molar-refractivity contribution is 0.160. The van der Waals surface area contributed by atoms with Gasteiger partial charge in [-0.15, -0.1) is 0 Å². The number of hydrogen-bond donors (Lipinski definition) is 2. The van der Waals surface area contributed by atoms with Gasteiger partial charge in [-0.2, -0.15) is 0 Å². The summed E-state index contributed by atoms with van der Waals surface area (Å²) in [5, 5.41) is 8.46. The molecule has 1 rings (SSSR count). The monoisotopic (exact) mass is 187 g/mol. The van der Waals surface area contributed by atoms with E-state index >= 15 is 0 Å². The predicted octanol–water partition coefficient (Wildman–Crippen LogP) is 2.06. The van der Waals surface area contributed by atoms with E-state index in [9.17, 15) is 8.78 Å². The fourth-order valence-electron chi connectivity index (χ4n) is 1.24. The Morgan fingerprint density at radius 2 is 1.69 bits per heavy atom. The fraction of sp³-hybridized carbons (Fsp3) is 0.333. The number of rotatable bonds is 2. The highest BCUT2D eigenvalue weighted by molar-refractivity contribution is 5.35. The van der Waals surface area contributed by atoms with E-state index in [0.29, 0.717) is 16.7 Å². The second-order valence-corrected chi connectivity index (χ2v) is 2.90. The molecule has 0 saturated carbocycles. The third kappa shape index (κ3) is 1.84. The molecular formula is C9H11F2NO. The summed E-state index contributed by atoms with van der Waals surface area (Å²) in [6, 6.07) is 0.853. The van der Waals surface area contributed by atoms with E-state index in [1.165, 1.54) is 0 Å². The molecule has 2 nitrogen and oxygen atoms in total. The van der Waals surface area contributed by atoms with Crippen molar-refractivity contribution in [1.82, 2.24) is 5.48 Å². The van der Waals surface area contributed by atoms with Gasteiger partial charge in [0.25, 0.3) is 0 Å². The second kappa shape index (κ2) is 3.81. The predicted molar refractivity (Wildman–Crippen MR) is 44.5 cm³/mol. The molecule has 0 heterocycles. The Bertz CT molecular complexity index is 300. The Balaban J connectivity index is 3.28. The summed E-state index contributed by atoms with van der Waals surface area (Å²) in [6.07, 6.45) is 0. The summed E-state index contributed by atoms with van der Waals surface area (Å²) in [5.41, 5.74) is 3.07. The summed E-state index contributed by atoms with van der Waals surface area (Å²) < 4.78 is 26.0. The van der Waals surface area contributed by atoms with Gasteiger partial charge in [0, 0.05) is 12.6 Å². The van der Waals surface area contributed by atoms with Gasteiger partial charge in [-0.1, -0.05) is 0 Å². The summed E-state index contributed by atoms with van der Waals surface area (Å²) in [7, 11) is 0. The van der Waals surface area contributed by atoms with Gasteiger partial charge < -0.3 is 5.21 Å². The van der Waals surface area contributed by atoms with Gasteiger partial charge in [0.2, 0.25) is 0 Å². The zero-order valence-corrected chi connectivity index (χ0v) is 7.49. The van der Waals surface area contributed by atoms with Crippen LogP contribution in [0.3, 0.4) is 0 Å². The summed E-state index contributed by atoms with van der Waals surface area (Å²) in [4.78, 5) is 0. The maximum atomic E-state index is 13.0. The van der Waals surface area contributed by atoms with E-state index < -0.39 is 11.6 Å². The first-order valence-corrected chi connectivity index (χ1v) is 3.89. The van der Waals surface area contributed by atoms with Crippen molar-refractivity contribution in [3.05, 3.63) is 34.4 Å². The molecule has 0 fully saturated rings. The molecule has 0 saturated heterocycles. The number of hydrogen-bond acceptors (Lipinski definition) is 2. The largest absolute Gasteiger partial charge is 0.316 e. The van der Waals surface area contributed by atoms with Gasteiger partial charge in [0.05, 0.1) is 0 Å². The van der Waals surface area contributed by atoms with Crippen molar-refractivity contribution in [2.75, 3.05) is 0 Å². The minimum atomic E-state index is -0.589. The molecule has 0 unspecified atom stereocenters. The zero-order valence-electron chi connectivity index (χ0n) is 7.49. The number of halogens is 2. The highest BCUT2D eigenvalue weighted by Crippen LogP contribution is 2.19. The van der Waals surface area contributed by atoms with Crippen LogP contribution in [-0.2, 0) is 6.54 Å². The molecule has 0 aliphatic heterocycles. The van der Waals surface area contributed by atoms with E-state index in [-0.39, 0.29) is 6.54 Å². The van der Waals surface area contributed by atoms with Crippen molar-refractivity contribution < 1.29 is 14.0 Å². The van der Waals surface area contributed by atoms with E-state index in [4.69, 9.17) is 5.21 Å². The van der Waals surface area contributed by atoms with Crippen molar-refractivity contribution in [1.29, 1.82) is 0 Å². The Morgan fingerprint density at radius 1 is 1.23 bits per heavy atom. The maximum Gasteiger partial charge on any atom is 0.129 e. The molecule has 0 amide bonds. The van der Waals surface area contributed by atoms with Crippen LogP contribution in [0.15, 0.2) is 6.07 Å². The molecule has 0 atom stereocenters. The minimum absolute atomic E-state index is 0.0480. The lowest BCUT2D eigenvalue weighted by atomic mass is 10.0. The number of benzene rings is 1. The van der Waals surface area contributed by atoms with Gasteiger partial charge in [0.1, 0.15) is 11.6 Å². The Labute approximate surface area is 75.2 Å². The van der Waals surface area contributed by atoms with Crippen molar-refractivity contribution in [3.63, 3.8) is 0 Å². The van der Waals surface area contributed by atoms with Crippen LogP contribution in [-0.4, -0.2) is 5.21 Å². The molecule has 1 aromatic carbocycles. The third-order valence-electron chi connectivity index (χ3n) is 2.13. The first-order chi connectivity index (χ1) is 6.07. The highest BCUT2D eigenvalue weighted by Gasteiger charge is 2.11. The number of hydroxylamine groups is 1. The Kier molecular flexibility index (Phi) is 2.95. The maximum absolute atomic E-state index is 13.0. The first kappa shape index (κ1) is 10.1. The second-order valence-electron chi connectivity index (χ2n) is 2.90. The van der Waals surface area contributed by atoms with E-state index in [1.54, 1.807) is 13.8 Å². The van der Waals surface area contributed by atoms with Gasteiger partial charge in [-0.25, -0.2) is 14.3 Å². The molecule has 72 valence electrons. The summed E-state index contributed by atoms with van der Waals surface area (Å²) >= 11 is 0. The van der Waals surface area contributed by atoms with Crippen LogP contribution in [0.25, 0.3) is 0 Å². The molecule has 0 spiro atoms. The smallest absolute Gasteiger partial charge is 0.129 e. The normalized spacial score (nSPS) is 10.5. The van der Waals surface area contributed by atoms with Crippen LogP contribution in [0, 0.1) is 25.5 Å².